The lowest BCUT2D eigenvalue weighted by Crippen LogP contribution is -2.49. The van der Waals surface area contributed by atoms with Gasteiger partial charge in [-0.3, -0.25) is 4.79 Å². The van der Waals surface area contributed by atoms with Crippen LogP contribution < -0.4 is 5.32 Å². The van der Waals surface area contributed by atoms with Crippen LogP contribution in [0.4, 0.5) is 4.39 Å². The second-order valence-electron chi connectivity index (χ2n) is 7.47. The molecule has 2 aliphatic heterocycles. The number of ketones is 1. The third kappa shape index (κ3) is 2.78. The first-order chi connectivity index (χ1) is 12.5. The Morgan fingerprint density at radius 1 is 1.08 bits per heavy atom. The number of nitrogens with one attached hydrogen (secondary N) is 1. The summed E-state index contributed by atoms with van der Waals surface area (Å²) in [6, 6.07) is 10.7. The summed E-state index contributed by atoms with van der Waals surface area (Å²) in [7, 11) is 0. The first-order valence-corrected chi connectivity index (χ1v) is 9.25. The number of carbonyl (C=O) groups is 1. The average molecular weight is 353 g/mol. The van der Waals surface area contributed by atoms with Crippen LogP contribution in [0, 0.1) is 19.7 Å². The van der Waals surface area contributed by atoms with Crippen molar-refractivity contribution in [2.24, 2.45) is 0 Å². The van der Waals surface area contributed by atoms with Gasteiger partial charge < -0.3 is 10.1 Å². The Hall–Kier alpha value is -2.04. The minimum atomic E-state index is -0.423. The molecule has 0 radical (unpaired) electrons. The molecule has 1 atom stereocenters. The number of rotatable bonds is 2. The maximum Gasteiger partial charge on any atom is 0.161 e. The lowest BCUT2D eigenvalue weighted by Gasteiger charge is -2.32. The zero-order valence-corrected chi connectivity index (χ0v) is 15.3. The summed E-state index contributed by atoms with van der Waals surface area (Å²) in [6.07, 6.45) is 1.50. The fourth-order valence-corrected chi connectivity index (χ4v) is 4.53. The maximum atomic E-state index is 13.3. The van der Waals surface area contributed by atoms with Gasteiger partial charge in [-0.1, -0.05) is 24.3 Å². The molecule has 2 heterocycles. The molecule has 4 heteroatoms. The molecule has 136 valence electrons. The normalized spacial score (nSPS) is 22.1. The van der Waals surface area contributed by atoms with Crippen molar-refractivity contribution in [2.45, 2.75) is 38.1 Å². The van der Waals surface area contributed by atoms with Gasteiger partial charge in [0.25, 0.3) is 0 Å². The van der Waals surface area contributed by atoms with Crippen LogP contribution >= 0.6 is 0 Å². The van der Waals surface area contributed by atoms with Crippen molar-refractivity contribution in [2.75, 3.05) is 19.8 Å². The van der Waals surface area contributed by atoms with E-state index in [4.69, 9.17) is 4.74 Å². The Kier molecular flexibility index (Phi) is 4.41. The predicted molar refractivity (Wildman–Crippen MR) is 99.8 cm³/mol. The summed E-state index contributed by atoms with van der Waals surface area (Å²) in [4.78, 5) is 13.3. The van der Waals surface area contributed by atoms with Gasteiger partial charge in [0.15, 0.2) is 5.78 Å². The topological polar surface area (TPSA) is 38.3 Å². The van der Waals surface area contributed by atoms with E-state index in [0.29, 0.717) is 25.5 Å². The van der Waals surface area contributed by atoms with E-state index < -0.39 is 5.54 Å². The van der Waals surface area contributed by atoms with Crippen LogP contribution in [0.5, 0.6) is 0 Å². The fraction of sp³-hybridized carbons (Fsp3) is 0.409. The van der Waals surface area contributed by atoms with Gasteiger partial charge in [0, 0.05) is 19.8 Å². The lowest BCUT2D eigenvalue weighted by atomic mass is 9.79. The highest BCUT2D eigenvalue weighted by atomic mass is 19.1. The van der Waals surface area contributed by atoms with Gasteiger partial charge >= 0.3 is 0 Å². The van der Waals surface area contributed by atoms with Crippen molar-refractivity contribution >= 4 is 5.78 Å². The summed E-state index contributed by atoms with van der Waals surface area (Å²) < 4.78 is 18.7. The van der Waals surface area contributed by atoms with E-state index in [1.165, 1.54) is 12.1 Å². The quantitative estimate of drug-likeness (QED) is 0.889. The van der Waals surface area contributed by atoms with Gasteiger partial charge in [0.2, 0.25) is 0 Å². The summed E-state index contributed by atoms with van der Waals surface area (Å²) in [6.45, 7) is 6.09. The minimum absolute atomic E-state index is 0.131. The van der Waals surface area contributed by atoms with Crippen LogP contribution in [0.1, 0.15) is 35.4 Å². The molecule has 0 saturated carbocycles. The predicted octanol–water partition coefficient (Wildman–Crippen LogP) is 3.91. The number of hydrogen-bond acceptors (Lipinski definition) is 3. The van der Waals surface area contributed by atoms with E-state index in [0.717, 1.165) is 40.7 Å². The van der Waals surface area contributed by atoms with Crippen LogP contribution in [0.15, 0.2) is 36.4 Å². The lowest BCUT2D eigenvalue weighted by molar-refractivity contribution is -0.126. The largest absolute Gasteiger partial charge is 0.381 e. The molecule has 4 rings (SSSR count). The molecule has 26 heavy (non-hydrogen) atoms. The molecule has 0 aliphatic carbocycles. The van der Waals surface area contributed by atoms with Gasteiger partial charge in [0.05, 0.1) is 11.5 Å². The van der Waals surface area contributed by atoms with Gasteiger partial charge in [-0.25, -0.2) is 4.39 Å². The maximum absolute atomic E-state index is 13.3. The zero-order valence-electron chi connectivity index (χ0n) is 15.3. The average Bonchev–Trinajstić information content (AvgIpc) is 2.94. The molecule has 0 amide bonds. The molecule has 0 aromatic heterocycles. The van der Waals surface area contributed by atoms with Gasteiger partial charge in [-0.05, 0) is 66.6 Å². The van der Waals surface area contributed by atoms with Crippen molar-refractivity contribution in [3.05, 3.63) is 58.9 Å². The molecule has 3 nitrogen and oxygen atoms in total. The summed E-state index contributed by atoms with van der Waals surface area (Å²) in [5.74, 6) is -0.0767. The SMILES string of the molecule is Cc1ccc(-c2ccc(F)cc2)c(C)c1C1CNC2(CCOCC2)C1=O. The Balaban J connectivity index is 1.74. The van der Waals surface area contributed by atoms with E-state index in [2.05, 4.69) is 31.3 Å². The Bertz CT molecular complexity index is 838. The molecular weight excluding hydrogens is 329 g/mol. The summed E-state index contributed by atoms with van der Waals surface area (Å²) in [5.41, 5.74) is 4.98. The highest BCUT2D eigenvalue weighted by Gasteiger charge is 2.49. The molecule has 1 N–H and O–H groups in total. The molecular formula is C22H24FNO2. The van der Waals surface area contributed by atoms with E-state index in [1.54, 1.807) is 12.1 Å². The highest BCUT2D eigenvalue weighted by Crippen LogP contribution is 2.39. The Morgan fingerprint density at radius 3 is 2.46 bits per heavy atom. The first kappa shape index (κ1) is 17.4. The molecule has 2 aliphatic rings. The number of Topliss-reactive ketones (excluding diaryl/α,β-unsaturated/α-hetero) is 1. The third-order valence-corrected chi connectivity index (χ3v) is 6.02. The van der Waals surface area contributed by atoms with Crippen molar-refractivity contribution in [3.8, 4) is 11.1 Å². The molecule has 2 fully saturated rings. The van der Waals surface area contributed by atoms with Crippen molar-refractivity contribution < 1.29 is 13.9 Å². The molecule has 2 saturated heterocycles. The number of ether oxygens (including phenoxy) is 1. The van der Waals surface area contributed by atoms with E-state index >= 15 is 0 Å². The molecule has 0 bridgehead atoms. The van der Waals surface area contributed by atoms with Gasteiger partial charge in [-0.15, -0.1) is 0 Å². The van der Waals surface area contributed by atoms with Gasteiger partial charge in [0.1, 0.15) is 5.82 Å². The van der Waals surface area contributed by atoms with E-state index in [1.807, 2.05) is 0 Å². The Labute approximate surface area is 153 Å². The van der Waals surface area contributed by atoms with Crippen LogP contribution in [0.25, 0.3) is 11.1 Å². The number of aryl methyl sites for hydroxylation is 1. The number of halogens is 1. The van der Waals surface area contributed by atoms with Gasteiger partial charge in [-0.2, -0.15) is 0 Å². The molecule has 1 spiro atoms. The minimum Gasteiger partial charge on any atom is -0.381 e. The van der Waals surface area contributed by atoms with Crippen molar-refractivity contribution in [3.63, 3.8) is 0 Å². The number of carbonyl (C=O) groups excluding carboxylic acids is 1. The van der Waals surface area contributed by atoms with Crippen LogP contribution in [-0.4, -0.2) is 31.1 Å². The smallest absolute Gasteiger partial charge is 0.161 e. The third-order valence-electron chi connectivity index (χ3n) is 6.02. The Morgan fingerprint density at radius 2 is 1.77 bits per heavy atom. The van der Waals surface area contributed by atoms with Crippen LogP contribution in [0.3, 0.4) is 0 Å². The molecule has 2 aromatic rings. The second kappa shape index (κ2) is 6.60. The van der Waals surface area contributed by atoms with Crippen LogP contribution in [0.2, 0.25) is 0 Å². The van der Waals surface area contributed by atoms with E-state index in [-0.39, 0.29) is 11.7 Å². The first-order valence-electron chi connectivity index (χ1n) is 9.25. The summed E-state index contributed by atoms with van der Waals surface area (Å²) in [5, 5.41) is 3.51. The number of hydrogen-bond donors (Lipinski definition) is 1. The standard InChI is InChI=1S/C22H24FNO2/c1-14-3-8-18(16-4-6-17(23)7-5-16)15(2)20(14)19-13-24-22(21(19)25)9-11-26-12-10-22/h3-8,19,24H,9-13H2,1-2H3. The highest BCUT2D eigenvalue weighted by molar-refractivity contribution is 5.97. The molecule has 1 unspecified atom stereocenters. The molecule has 2 aromatic carbocycles. The number of benzene rings is 2. The fourth-order valence-electron chi connectivity index (χ4n) is 4.53. The summed E-state index contributed by atoms with van der Waals surface area (Å²) >= 11 is 0. The van der Waals surface area contributed by atoms with Crippen molar-refractivity contribution in [1.82, 2.24) is 5.32 Å². The van der Waals surface area contributed by atoms with E-state index in [9.17, 15) is 9.18 Å². The monoisotopic (exact) mass is 353 g/mol. The zero-order chi connectivity index (χ0) is 18.3. The second-order valence-corrected chi connectivity index (χ2v) is 7.47. The van der Waals surface area contributed by atoms with Crippen LogP contribution in [-0.2, 0) is 9.53 Å². The van der Waals surface area contributed by atoms with Crippen molar-refractivity contribution in [1.29, 1.82) is 0 Å².